The number of carbonyl (C=O) groups is 1. The second-order valence-corrected chi connectivity index (χ2v) is 6.11. The molecular formula is C21H18ClNO2. The molecule has 0 unspecified atom stereocenters. The van der Waals surface area contributed by atoms with Crippen molar-refractivity contribution in [3.05, 3.63) is 88.6 Å². The molecule has 0 aliphatic rings. The van der Waals surface area contributed by atoms with Crippen molar-refractivity contribution in [3.8, 4) is 11.3 Å². The average Bonchev–Trinajstić information content (AvgIpc) is 3.10. The maximum atomic E-state index is 11.9. The third kappa shape index (κ3) is 4.61. The minimum atomic E-state index is -0.166. The molecule has 1 heterocycles. The van der Waals surface area contributed by atoms with Crippen LogP contribution in [0.25, 0.3) is 17.4 Å². The molecule has 0 bridgehead atoms. The van der Waals surface area contributed by atoms with Gasteiger partial charge < -0.3 is 9.73 Å². The standard InChI is InChI=1S/C21H18ClNO2/c1-15-7-8-17(13-19(15)22)20-11-9-18(25-20)10-12-21(24)23-14-16-5-3-2-4-6-16/h2-13H,14H2,1H3,(H,23,24)/b12-10+. The van der Waals surface area contributed by atoms with Crippen LogP contribution >= 0.6 is 11.6 Å². The van der Waals surface area contributed by atoms with Crippen molar-refractivity contribution < 1.29 is 9.21 Å². The van der Waals surface area contributed by atoms with Crippen LogP contribution in [0.4, 0.5) is 0 Å². The van der Waals surface area contributed by atoms with Crippen LogP contribution in [0, 0.1) is 6.92 Å². The Labute approximate surface area is 151 Å². The van der Waals surface area contributed by atoms with Gasteiger partial charge in [0.15, 0.2) is 0 Å². The summed E-state index contributed by atoms with van der Waals surface area (Å²) < 4.78 is 5.75. The smallest absolute Gasteiger partial charge is 0.244 e. The van der Waals surface area contributed by atoms with Gasteiger partial charge >= 0.3 is 0 Å². The summed E-state index contributed by atoms with van der Waals surface area (Å²) in [5.41, 5.74) is 2.98. The number of hydrogen-bond donors (Lipinski definition) is 1. The van der Waals surface area contributed by atoms with E-state index in [4.69, 9.17) is 16.0 Å². The molecule has 0 fully saturated rings. The van der Waals surface area contributed by atoms with E-state index in [9.17, 15) is 4.79 Å². The lowest BCUT2D eigenvalue weighted by Gasteiger charge is -2.01. The molecule has 0 radical (unpaired) electrons. The molecule has 0 aliphatic heterocycles. The zero-order valence-corrected chi connectivity index (χ0v) is 14.6. The monoisotopic (exact) mass is 351 g/mol. The fraction of sp³-hybridized carbons (Fsp3) is 0.0952. The molecule has 126 valence electrons. The van der Waals surface area contributed by atoms with Crippen molar-refractivity contribution in [1.82, 2.24) is 5.32 Å². The summed E-state index contributed by atoms with van der Waals surface area (Å²) in [7, 11) is 0. The Kier molecular flexibility index (Phi) is 5.36. The van der Waals surface area contributed by atoms with Crippen molar-refractivity contribution >= 4 is 23.6 Å². The topological polar surface area (TPSA) is 42.2 Å². The van der Waals surface area contributed by atoms with Gasteiger partial charge in [0, 0.05) is 23.2 Å². The van der Waals surface area contributed by atoms with Gasteiger partial charge in [0.05, 0.1) is 0 Å². The van der Waals surface area contributed by atoms with Crippen molar-refractivity contribution in [3.63, 3.8) is 0 Å². The number of nitrogens with one attached hydrogen (secondary N) is 1. The molecule has 25 heavy (non-hydrogen) atoms. The molecule has 0 spiro atoms. The quantitative estimate of drug-likeness (QED) is 0.639. The van der Waals surface area contributed by atoms with E-state index in [0.717, 1.165) is 16.7 Å². The molecular weight excluding hydrogens is 334 g/mol. The summed E-state index contributed by atoms with van der Waals surface area (Å²) >= 11 is 6.15. The highest BCUT2D eigenvalue weighted by molar-refractivity contribution is 6.31. The van der Waals surface area contributed by atoms with E-state index in [1.807, 2.05) is 67.6 Å². The highest BCUT2D eigenvalue weighted by Crippen LogP contribution is 2.27. The van der Waals surface area contributed by atoms with Gasteiger partial charge in [-0.1, -0.05) is 54.1 Å². The van der Waals surface area contributed by atoms with Crippen LogP contribution in [0.3, 0.4) is 0 Å². The molecule has 3 nitrogen and oxygen atoms in total. The number of benzene rings is 2. The maximum Gasteiger partial charge on any atom is 0.244 e. The third-order valence-electron chi connectivity index (χ3n) is 3.79. The van der Waals surface area contributed by atoms with Gasteiger partial charge in [-0.25, -0.2) is 0 Å². The molecule has 4 heteroatoms. The van der Waals surface area contributed by atoms with Crippen LogP contribution in [0.1, 0.15) is 16.9 Å². The number of carbonyl (C=O) groups excluding carboxylic acids is 1. The molecule has 0 aliphatic carbocycles. The number of halogens is 1. The molecule has 0 atom stereocenters. The van der Waals surface area contributed by atoms with E-state index in [2.05, 4.69) is 5.32 Å². The first kappa shape index (κ1) is 17.1. The van der Waals surface area contributed by atoms with Gasteiger partial charge in [0.2, 0.25) is 5.91 Å². The zero-order chi connectivity index (χ0) is 17.6. The summed E-state index contributed by atoms with van der Waals surface area (Å²) in [6.07, 6.45) is 3.12. The molecule has 0 saturated carbocycles. The van der Waals surface area contributed by atoms with Crippen molar-refractivity contribution in [2.45, 2.75) is 13.5 Å². The fourth-order valence-corrected chi connectivity index (χ4v) is 2.53. The van der Waals surface area contributed by atoms with Gasteiger partial charge in [-0.05, 0) is 42.3 Å². The summed E-state index contributed by atoms with van der Waals surface area (Å²) in [4.78, 5) is 11.9. The fourth-order valence-electron chi connectivity index (χ4n) is 2.35. The van der Waals surface area contributed by atoms with E-state index in [-0.39, 0.29) is 5.91 Å². The molecule has 1 amide bonds. The first-order valence-corrected chi connectivity index (χ1v) is 8.36. The Hall–Kier alpha value is -2.78. The minimum absolute atomic E-state index is 0.166. The SMILES string of the molecule is Cc1ccc(-c2ccc(/C=C/C(=O)NCc3ccccc3)o2)cc1Cl. The van der Waals surface area contributed by atoms with Crippen LogP contribution in [-0.4, -0.2) is 5.91 Å². The van der Waals surface area contributed by atoms with E-state index in [1.165, 1.54) is 6.08 Å². The number of furan rings is 1. The van der Waals surface area contributed by atoms with Crippen LogP contribution in [0.2, 0.25) is 5.02 Å². The molecule has 0 saturated heterocycles. The molecule has 2 aromatic carbocycles. The summed E-state index contributed by atoms with van der Waals surface area (Å²) in [6, 6.07) is 19.2. The summed E-state index contributed by atoms with van der Waals surface area (Å²) in [6.45, 7) is 2.45. The lowest BCUT2D eigenvalue weighted by Crippen LogP contribution is -2.20. The number of aryl methyl sites for hydroxylation is 1. The van der Waals surface area contributed by atoms with E-state index in [0.29, 0.717) is 23.1 Å². The third-order valence-corrected chi connectivity index (χ3v) is 4.20. The van der Waals surface area contributed by atoms with Crippen LogP contribution in [0.15, 0.2) is 71.2 Å². The second-order valence-electron chi connectivity index (χ2n) is 5.70. The molecule has 3 rings (SSSR count). The van der Waals surface area contributed by atoms with Gasteiger partial charge in [0.1, 0.15) is 11.5 Å². The second kappa shape index (κ2) is 7.86. The molecule has 3 aromatic rings. The predicted molar refractivity (Wildman–Crippen MR) is 101 cm³/mol. The highest BCUT2D eigenvalue weighted by Gasteiger charge is 2.05. The van der Waals surface area contributed by atoms with Crippen LogP contribution in [0.5, 0.6) is 0 Å². The van der Waals surface area contributed by atoms with Gasteiger partial charge in [-0.2, -0.15) is 0 Å². The van der Waals surface area contributed by atoms with Crippen LogP contribution < -0.4 is 5.32 Å². The highest BCUT2D eigenvalue weighted by atomic mass is 35.5. The molecule has 1 N–H and O–H groups in total. The van der Waals surface area contributed by atoms with Crippen molar-refractivity contribution in [1.29, 1.82) is 0 Å². The summed E-state index contributed by atoms with van der Waals surface area (Å²) in [5.74, 6) is 1.16. The first-order chi connectivity index (χ1) is 12.1. The minimum Gasteiger partial charge on any atom is -0.457 e. The van der Waals surface area contributed by atoms with Crippen molar-refractivity contribution in [2.75, 3.05) is 0 Å². The lowest BCUT2D eigenvalue weighted by atomic mass is 10.1. The lowest BCUT2D eigenvalue weighted by molar-refractivity contribution is -0.116. The Bertz CT molecular complexity index is 897. The number of amides is 1. The predicted octanol–water partition coefficient (Wildman–Crippen LogP) is 5.24. The van der Waals surface area contributed by atoms with Gasteiger partial charge in [-0.3, -0.25) is 4.79 Å². The van der Waals surface area contributed by atoms with Gasteiger partial charge in [-0.15, -0.1) is 0 Å². The normalized spacial score (nSPS) is 11.0. The zero-order valence-electron chi connectivity index (χ0n) is 13.8. The van der Waals surface area contributed by atoms with E-state index < -0.39 is 0 Å². The number of rotatable bonds is 5. The first-order valence-electron chi connectivity index (χ1n) is 7.98. The van der Waals surface area contributed by atoms with Crippen LogP contribution in [-0.2, 0) is 11.3 Å². The Morgan fingerprint density at radius 2 is 1.92 bits per heavy atom. The number of hydrogen-bond acceptors (Lipinski definition) is 2. The Balaban J connectivity index is 1.61. The van der Waals surface area contributed by atoms with E-state index in [1.54, 1.807) is 6.08 Å². The largest absolute Gasteiger partial charge is 0.457 e. The Morgan fingerprint density at radius 1 is 1.12 bits per heavy atom. The van der Waals surface area contributed by atoms with E-state index >= 15 is 0 Å². The Morgan fingerprint density at radius 3 is 2.68 bits per heavy atom. The van der Waals surface area contributed by atoms with Crippen molar-refractivity contribution in [2.24, 2.45) is 0 Å². The molecule has 1 aromatic heterocycles. The maximum absolute atomic E-state index is 11.9. The summed E-state index contributed by atoms with van der Waals surface area (Å²) in [5, 5.41) is 3.54. The average molecular weight is 352 g/mol. The van der Waals surface area contributed by atoms with Gasteiger partial charge in [0.25, 0.3) is 0 Å².